The molecule has 10 heteroatoms. The third kappa shape index (κ3) is 5.77. The minimum atomic E-state index is -1.01. The summed E-state index contributed by atoms with van der Waals surface area (Å²) in [7, 11) is 0. The van der Waals surface area contributed by atoms with Crippen molar-refractivity contribution in [3.8, 4) is 6.07 Å². The first kappa shape index (κ1) is 28.6. The molecule has 3 aromatic rings. The molecule has 3 fully saturated rings. The molecule has 0 bridgehead atoms. The number of carbonyl (C=O) groups is 3. The predicted octanol–water partition coefficient (Wildman–Crippen LogP) is 4.56. The second kappa shape index (κ2) is 11.0. The average Bonchev–Trinajstić information content (AvgIpc) is 3.35. The number of fused-ring (bicyclic) bond motifs is 1. The predicted molar refractivity (Wildman–Crippen MR) is 161 cm³/mol. The van der Waals surface area contributed by atoms with E-state index < -0.39 is 11.1 Å². The number of aromatic nitrogens is 1. The zero-order valence-corrected chi connectivity index (χ0v) is 25.1. The van der Waals surface area contributed by atoms with Gasteiger partial charge in [-0.25, -0.2) is 4.79 Å². The quantitative estimate of drug-likeness (QED) is 0.315. The van der Waals surface area contributed by atoms with E-state index in [9.17, 15) is 14.4 Å². The minimum Gasteiger partial charge on any atom is -0.444 e. The first-order chi connectivity index (χ1) is 20.6. The van der Waals surface area contributed by atoms with Crippen molar-refractivity contribution < 1.29 is 19.1 Å². The molecule has 9 nitrogen and oxygen atoms in total. The average molecular weight is 596 g/mol. The number of rotatable bonds is 7. The second-order valence-corrected chi connectivity index (χ2v) is 13.3. The van der Waals surface area contributed by atoms with Crippen LogP contribution in [0.1, 0.15) is 47.8 Å². The fraction of sp³-hybridized carbons (Fsp3) is 0.364. The maximum Gasteiger partial charge on any atom is 0.410 e. The van der Waals surface area contributed by atoms with E-state index in [0.717, 1.165) is 11.1 Å². The number of piperidine rings is 1. The Morgan fingerprint density at radius 3 is 2.37 bits per heavy atom. The summed E-state index contributed by atoms with van der Waals surface area (Å²) in [4.78, 5) is 48.5. The number of hydrogen-bond donors (Lipinski definition) is 1. The molecule has 1 aromatic carbocycles. The number of pyridine rings is 1. The van der Waals surface area contributed by atoms with Crippen LogP contribution >= 0.6 is 11.3 Å². The standard InChI is InChI=1S/C33H33N5O4S/c1-32(2,3)42-31(41)37-18-25-26(19-37)29(25)38-28(14-27(39)24-6-4-22(17-34)5-7-24)36-33(30(38)40,16-23-10-13-43-20-23)15-21-8-11-35-12-9-21/h4-14,20,25-26,29,36H,15-16,18-19H2,1-3H3. The SMILES string of the molecule is CC(C)(C)OC(=O)N1CC2C(C1)C2N1C(=O)C(Cc2ccncc2)(Cc2ccsc2)NC1=CC(=O)c1ccc(C#N)cc1. The molecular weight excluding hydrogens is 562 g/mol. The van der Waals surface area contributed by atoms with E-state index in [1.807, 2.05) is 49.7 Å². The molecule has 220 valence electrons. The third-order valence-electron chi connectivity index (χ3n) is 8.26. The van der Waals surface area contributed by atoms with Crippen molar-refractivity contribution in [1.29, 1.82) is 5.26 Å². The molecule has 3 atom stereocenters. The van der Waals surface area contributed by atoms with Gasteiger partial charge in [-0.1, -0.05) is 0 Å². The third-order valence-corrected chi connectivity index (χ3v) is 8.99. The fourth-order valence-corrected chi connectivity index (χ4v) is 6.93. The lowest BCUT2D eigenvalue weighted by Gasteiger charge is -2.29. The van der Waals surface area contributed by atoms with Gasteiger partial charge < -0.3 is 15.0 Å². The molecule has 1 saturated carbocycles. The number of ketones is 1. The number of carbonyl (C=O) groups excluding carboxylic acids is 3. The van der Waals surface area contributed by atoms with Crippen molar-refractivity contribution in [3.05, 3.63) is 99.8 Å². The summed E-state index contributed by atoms with van der Waals surface area (Å²) in [5.74, 6) is 0.291. The van der Waals surface area contributed by atoms with Crippen LogP contribution in [0, 0.1) is 23.2 Å². The van der Waals surface area contributed by atoms with Crippen LogP contribution in [0.3, 0.4) is 0 Å². The summed E-state index contributed by atoms with van der Waals surface area (Å²) >= 11 is 1.58. The molecule has 6 rings (SSSR count). The van der Waals surface area contributed by atoms with Crippen LogP contribution in [-0.2, 0) is 22.4 Å². The van der Waals surface area contributed by atoms with Crippen LogP contribution in [-0.4, -0.2) is 62.8 Å². The molecule has 2 aliphatic heterocycles. The van der Waals surface area contributed by atoms with Gasteiger partial charge in [-0.2, -0.15) is 16.6 Å². The molecule has 4 heterocycles. The maximum absolute atomic E-state index is 14.6. The topological polar surface area (TPSA) is 116 Å². The molecule has 3 aliphatic rings. The van der Waals surface area contributed by atoms with Crippen LogP contribution < -0.4 is 5.32 Å². The zero-order valence-electron chi connectivity index (χ0n) is 24.3. The van der Waals surface area contributed by atoms with Crippen LogP contribution in [0.25, 0.3) is 0 Å². The van der Waals surface area contributed by atoms with Crippen molar-refractivity contribution in [2.45, 2.75) is 50.8 Å². The highest BCUT2D eigenvalue weighted by atomic mass is 32.1. The largest absolute Gasteiger partial charge is 0.444 e. The Labute approximate surface area is 254 Å². The number of nitriles is 1. The highest BCUT2D eigenvalue weighted by Gasteiger charge is 2.65. The van der Waals surface area contributed by atoms with Crippen molar-refractivity contribution >= 4 is 29.1 Å². The van der Waals surface area contributed by atoms with Crippen LogP contribution in [0.15, 0.2) is 77.5 Å². The lowest BCUT2D eigenvalue weighted by Crippen LogP contribution is -2.51. The Morgan fingerprint density at radius 1 is 1.09 bits per heavy atom. The molecule has 3 unspecified atom stereocenters. The summed E-state index contributed by atoms with van der Waals surface area (Å²) in [6.07, 6.45) is 5.44. The van der Waals surface area contributed by atoms with Gasteiger partial charge in [0.2, 0.25) is 0 Å². The van der Waals surface area contributed by atoms with Gasteiger partial charge in [-0.05, 0) is 85.1 Å². The second-order valence-electron chi connectivity index (χ2n) is 12.5. The van der Waals surface area contributed by atoms with E-state index in [4.69, 9.17) is 10.00 Å². The maximum atomic E-state index is 14.6. The number of nitrogens with zero attached hydrogens (tertiary/aromatic N) is 4. The molecule has 0 radical (unpaired) electrons. The molecule has 43 heavy (non-hydrogen) atoms. The number of nitrogens with one attached hydrogen (secondary N) is 1. The monoisotopic (exact) mass is 595 g/mol. The summed E-state index contributed by atoms with van der Waals surface area (Å²) in [5, 5.41) is 16.7. The van der Waals surface area contributed by atoms with Gasteiger partial charge in [0, 0.05) is 67.8 Å². The molecule has 2 aromatic heterocycles. The molecule has 0 spiro atoms. The van der Waals surface area contributed by atoms with E-state index in [2.05, 4.69) is 16.4 Å². The molecule has 1 N–H and O–H groups in total. The van der Waals surface area contributed by atoms with E-state index in [0.29, 0.717) is 42.9 Å². The highest BCUT2D eigenvalue weighted by Crippen LogP contribution is 2.52. The minimum absolute atomic E-state index is 0.0855. The van der Waals surface area contributed by atoms with E-state index in [1.54, 1.807) is 57.8 Å². The summed E-state index contributed by atoms with van der Waals surface area (Å²) in [5.41, 5.74) is 1.28. The van der Waals surface area contributed by atoms with Gasteiger partial charge in [0.25, 0.3) is 5.91 Å². The Hall–Kier alpha value is -4.49. The van der Waals surface area contributed by atoms with E-state index >= 15 is 0 Å². The van der Waals surface area contributed by atoms with E-state index in [-0.39, 0.29) is 35.7 Å². The highest BCUT2D eigenvalue weighted by molar-refractivity contribution is 7.07. The number of ether oxygens (including phenoxy) is 1. The number of benzene rings is 1. The van der Waals surface area contributed by atoms with Crippen molar-refractivity contribution in [3.63, 3.8) is 0 Å². The van der Waals surface area contributed by atoms with Crippen LogP contribution in [0.4, 0.5) is 4.79 Å². The van der Waals surface area contributed by atoms with Gasteiger partial charge in [0.05, 0.1) is 11.6 Å². The fourth-order valence-electron chi connectivity index (χ4n) is 6.26. The number of allylic oxidation sites excluding steroid dienone is 1. The van der Waals surface area contributed by atoms with Crippen LogP contribution in [0.2, 0.25) is 0 Å². The van der Waals surface area contributed by atoms with E-state index in [1.165, 1.54) is 6.08 Å². The lowest BCUT2D eigenvalue weighted by molar-refractivity contribution is -0.132. The van der Waals surface area contributed by atoms with Gasteiger partial charge in [-0.3, -0.25) is 19.5 Å². The zero-order chi connectivity index (χ0) is 30.4. The van der Waals surface area contributed by atoms with Crippen molar-refractivity contribution in [2.24, 2.45) is 11.8 Å². The number of thiophene rings is 1. The van der Waals surface area contributed by atoms with Crippen molar-refractivity contribution in [2.75, 3.05) is 13.1 Å². The molecular formula is C33H33N5O4S. The first-order valence-electron chi connectivity index (χ1n) is 14.3. The molecule has 2 saturated heterocycles. The van der Waals surface area contributed by atoms with Gasteiger partial charge in [0.1, 0.15) is 17.0 Å². The lowest BCUT2D eigenvalue weighted by atomic mass is 9.85. The van der Waals surface area contributed by atoms with Gasteiger partial charge in [-0.15, -0.1) is 0 Å². The summed E-state index contributed by atoms with van der Waals surface area (Å²) < 4.78 is 5.58. The van der Waals surface area contributed by atoms with Gasteiger partial charge >= 0.3 is 6.09 Å². The first-order valence-corrected chi connectivity index (χ1v) is 15.3. The molecule has 1 aliphatic carbocycles. The normalized spacial score (nSPS) is 25.3. The smallest absolute Gasteiger partial charge is 0.410 e. The van der Waals surface area contributed by atoms with Crippen LogP contribution in [0.5, 0.6) is 0 Å². The Balaban J connectivity index is 1.33. The Bertz CT molecular complexity index is 1600. The summed E-state index contributed by atoms with van der Waals surface area (Å²) in [6, 6.07) is 14.2. The van der Waals surface area contributed by atoms with Crippen molar-refractivity contribution in [1.82, 2.24) is 20.1 Å². The Morgan fingerprint density at radius 2 is 1.77 bits per heavy atom. The Kier molecular flexibility index (Phi) is 7.30. The number of amides is 2. The number of hydrogen-bond acceptors (Lipinski definition) is 8. The van der Waals surface area contributed by atoms with Gasteiger partial charge in [0.15, 0.2) is 5.78 Å². The summed E-state index contributed by atoms with van der Waals surface area (Å²) in [6.45, 7) is 6.52. The number of likely N-dealkylation sites (tertiary alicyclic amines) is 1. The molecule has 2 amide bonds.